The number of hydrogen-bond acceptors (Lipinski definition) is 2. The number of benzene rings is 1. The lowest BCUT2D eigenvalue weighted by Crippen LogP contribution is -1.96. The van der Waals surface area contributed by atoms with Crippen molar-refractivity contribution in [1.82, 2.24) is 14.8 Å². The largest absolute Gasteiger partial charge is 0.264 e. The molecule has 4 rings (SSSR count). The SMILES string of the molecule is Cn1nc(C2CC2)c2c(C(F)F)cc(-c3ccc(Cl)cc3)nc21. The van der Waals surface area contributed by atoms with E-state index in [2.05, 4.69) is 10.1 Å². The third kappa shape index (κ3) is 2.49. The highest BCUT2D eigenvalue weighted by atomic mass is 35.5. The number of rotatable bonds is 3. The van der Waals surface area contributed by atoms with Crippen molar-refractivity contribution in [2.75, 3.05) is 0 Å². The maximum absolute atomic E-state index is 13.6. The van der Waals surface area contributed by atoms with Crippen molar-refractivity contribution in [2.45, 2.75) is 25.2 Å². The molecule has 1 fully saturated rings. The van der Waals surface area contributed by atoms with Gasteiger partial charge in [0.15, 0.2) is 5.65 Å². The minimum atomic E-state index is -2.56. The molecule has 0 unspecified atom stereocenters. The molecule has 0 N–H and O–H groups in total. The normalized spacial score (nSPS) is 14.8. The number of fused-ring (bicyclic) bond motifs is 1. The van der Waals surface area contributed by atoms with Crippen molar-refractivity contribution in [2.24, 2.45) is 7.05 Å². The Morgan fingerprint density at radius 3 is 2.52 bits per heavy atom. The number of halogens is 3. The van der Waals surface area contributed by atoms with Gasteiger partial charge in [-0.1, -0.05) is 23.7 Å². The quantitative estimate of drug-likeness (QED) is 0.667. The smallest absolute Gasteiger partial charge is 0.250 e. The number of hydrogen-bond donors (Lipinski definition) is 0. The predicted octanol–water partition coefficient (Wildman–Crippen LogP) is 5.10. The van der Waals surface area contributed by atoms with Crippen LogP contribution in [-0.4, -0.2) is 14.8 Å². The first kappa shape index (κ1) is 14.6. The summed E-state index contributed by atoms with van der Waals surface area (Å²) in [4.78, 5) is 4.57. The number of nitrogens with zero attached hydrogens (tertiary/aromatic N) is 3. The molecule has 0 aliphatic heterocycles. The second-order valence-corrected chi connectivity index (χ2v) is 6.32. The van der Waals surface area contributed by atoms with E-state index < -0.39 is 6.43 Å². The van der Waals surface area contributed by atoms with E-state index in [4.69, 9.17) is 11.6 Å². The molecule has 0 bridgehead atoms. The fourth-order valence-electron chi connectivity index (χ4n) is 2.89. The van der Waals surface area contributed by atoms with Gasteiger partial charge in [-0.05, 0) is 31.0 Å². The van der Waals surface area contributed by atoms with E-state index in [-0.39, 0.29) is 5.56 Å². The Labute approximate surface area is 136 Å². The van der Waals surface area contributed by atoms with Crippen LogP contribution in [0.25, 0.3) is 22.3 Å². The highest BCUT2D eigenvalue weighted by Gasteiger charge is 2.32. The van der Waals surface area contributed by atoms with E-state index in [1.165, 1.54) is 6.07 Å². The first-order valence-electron chi connectivity index (χ1n) is 7.46. The molecule has 0 saturated heterocycles. The van der Waals surface area contributed by atoms with Crippen LogP contribution in [0.2, 0.25) is 5.02 Å². The van der Waals surface area contributed by atoms with Crippen LogP contribution in [-0.2, 0) is 7.05 Å². The Hall–Kier alpha value is -2.01. The molecule has 2 heterocycles. The average molecular weight is 334 g/mol. The average Bonchev–Trinajstić information content (AvgIpc) is 3.32. The Morgan fingerprint density at radius 2 is 1.91 bits per heavy atom. The molecule has 3 nitrogen and oxygen atoms in total. The molecule has 2 aromatic heterocycles. The van der Waals surface area contributed by atoms with Gasteiger partial charge in [0, 0.05) is 29.1 Å². The number of alkyl halides is 2. The van der Waals surface area contributed by atoms with Gasteiger partial charge in [0.2, 0.25) is 0 Å². The number of pyridine rings is 1. The van der Waals surface area contributed by atoms with E-state index in [1.807, 2.05) is 0 Å². The molecule has 1 aromatic carbocycles. The summed E-state index contributed by atoms with van der Waals surface area (Å²) < 4.78 is 28.9. The summed E-state index contributed by atoms with van der Waals surface area (Å²) in [6.07, 6.45) is -0.546. The van der Waals surface area contributed by atoms with Crippen LogP contribution in [0.1, 0.15) is 36.4 Å². The van der Waals surface area contributed by atoms with Gasteiger partial charge in [0.05, 0.1) is 16.8 Å². The molecule has 0 radical (unpaired) electrons. The standard InChI is InChI=1S/C17H14ClF2N3/c1-23-17-14(15(22-23)10-2-3-10)12(16(19)20)8-13(21-17)9-4-6-11(18)7-5-9/h4-8,10,16H,2-3H2,1H3. The summed E-state index contributed by atoms with van der Waals surface area (Å²) in [6, 6.07) is 8.49. The molecule has 1 aliphatic carbocycles. The summed E-state index contributed by atoms with van der Waals surface area (Å²) >= 11 is 5.89. The highest BCUT2D eigenvalue weighted by molar-refractivity contribution is 6.30. The Morgan fingerprint density at radius 1 is 1.22 bits per heavy atom. The molecule has 3 aromatic rings. The number of aryl methyl sites for hydroxylation is 1. The van der Waals surface area contributed by atoms with Crippen LogP contribution in [0.4, 0.5) is 8.78 Å². The molecule has 0 amide bonds. The van der Waals surface area contributed by atoms with Crippen LogP contribution in [0.15, 0.2) is 30.3 Å². The lowest BCUT2D eigenvalue weighted by atomic mass is 10.0. The van der Waals surface area contributed by atoms with E-state index in [0.29, 0.717) is 27.7 Å². The zero-order valence-electron chi connectivity index (χ0n) is 12.4. The first-order chi connectivity index (χ1) is 11.0. The van der Waals surface area contributed by atoms with Crippen LogP contribution < -0.4 is 0 Å². The minimum Gasteiger partial charge on any atom is -0.250 e. The van der Waals surface area contributed by atoms with Gasteiger partial charge in [-0.25, -0.2) is 13.8 Å². The van der Waals surface area contributed by atoms with Gasteiger partial charge in [-0.2, -0.15) is 5.10 Å². The first-order valence-corrected chi connectivity index (χ1v) is 7.84. The molecule has 0 atom stereocenters. The summed E-state index contributed by atoms with van der Waals surface area (Å²) in [5.74, 6) is 0.291. The van der Waals surface area contributed by atoms with Crippen molar-refractivity contribution >= 4 is 22.6 Å². The van der Waals surface area contributed by atoms with Crippen molar-refractivity contribution in [3.05, 3.63) is 46.6 Å². The maximum atomic E-state index is 13.6. The molecule has 6 heteroatoms. The number of aromatic nitrogens is 3. The fourth-order valence-corrected chi connectivity index (χ4v) is 3.02. The minimum absolute atomic E-state index is 0.00921. The molecule has 1 aliphatic rings. The maximum Gasteiger partial charge on any atom is 0.264 e. The van der Waals surface area contributed by atoms with Crippen molar-refractivity contribution in [3.8, 4) is 11.3 Å². The van der Waals surface area contributed by atoms with Crippen LogP contribution >= 0.6 is 11.6 Å². The van der Waals surface area contributed by atoms with Gasteiger partial charge in [-0.3, -0.25) is 4.68 Å². The van der Waals surface area contributed by atoms with Crippen molar-refractivity contribution in [3.63, 3.8) is 0 Å². The van der Waals surface area contributed by atoms with Crippen LogP contribution in [0.3, 0.4) is 0 Å². The lowest BCUT2D eigenvalue weighted by molar-refractivity contribution is 0.153. The molecule has 0 spiro atoms. The fraction of sp³-hybridized carbons (Fsp3) is 0.294. The monoisotopic (exact) mass is 333 g/mol. The van der Waals surface area contributed by atoms with Crippen molar-refractivity contribution < 1.29 is 8.78 Å². The van der Waals surface area contributed by atoms with Gasteiger partial charge < -0.3 is 0 Å². The molecule has 118 valence electrons. The lowest BCUT2D eigenvalue weighted by Gasteiger charge is -2.08. The Kier molecular flexibility index (Phi) is 3.34. The highest BCUT2D eigenvalue weighted by Crippen LogP contribution is 2.44. The molecule has 1 saturated carbocycles. The summed E-state index contributed by atoms with van der Waals surface area (Å²) in [5.41, 5.74) is 2.54. The molecule has 23 heavy (non-hydrogen) atoms. The molecular formula is C17H14ClF2N3. The van der Waals surface area contributed by atoms with Gasteiger partial charge in [-0.15, -0.1) is 0 Å². The Bertz CT molecular complexity index is 883. The predicted molar refractivity (Wildman–Crippen MR) is 85.9 cm³/mol. The molecular weight excluding hydrogens is 320 g/mol. The van der Waals surface area contributed by atoms with Crippen molar-refractivity contribution in [1.29, 1.82) is 0 Å². The van der Waals surface area contributed by atoms with Gasteiger partial charge in [0.25, 0.3) is 6.43 Å². The van der Waals surface area contributed by atoms with Gasteiger partial charge in [0.1, 0.15) is 0 Å². The van der Waals surface area contributed by atoms with E-state index in [0.717, 1.165) is 24.1 Å². The second-order valence-electron chi connectivity index (χ2n) is 5.89. The summed E-state index contributed by atoms with van der Waals surface area (Å²) in [5, 5.41) is 5.56. The zero-order valence-corrected chi connectivity index (χ0v) is 13.2. The van der Waals surface area contributed by atoms with E-state index >= 15 is 0 Å². The van der Waals surface area contributed by atoms with E-state index in [1.54, 1.807) is 36.0 Å². The van der Waals surface area contributed by atoms with Crippen LogP contribution in [0.5, 0.6) is 0 Å². The third-order valence-electron chi connectivity index (χ3n) is 4.19. The second kappa shape index (κ2) is 5.27. The zero-order chi connectivity index (χ0) is 16.1. The van der Waals surface area contributed by atoms with Crippen LogP contribution in [0, 0.1) is 0 Å². The summed E-state index contributed by atoms with van der Waals surface area (Å²) in [6.45, 7) is 0. The van der Waals surface area contributed by atoms with Gasteiger partial charge >= 0.3 is 0 Å². The summed E-state index contributed by atoms with van der Waals surface area (Å²) in [7, 11) is 1.75. The van der Waals surface area contributed by atoms with E-state index in [9.17, 15) is 8.78 Å². The Balaban J connectivity index is 1.97. The third-order valence-corrected chi connectivity index (χ3v) is 4.44. The topological polar surface area (TPSA) is 30.7 Å².